The second-order valence-electron chi connectivity index (χ2n) is 8.59. The highest BCUT2D eigenvalue weighted by molar-refractivity contribution is 5.56. The Labute approximate surface area is 208 Å². The number of oxazole rings is 2. The zero-order valence-corrected chi connectivity index (χ0v) is 19.7. The number of rotatable bonds is 8. The highest BCUT2D eigenvalue weighted by atomic mass is 16.6. The van der Waals surface area contributed by atoms with Crippen molar-refractivity contribution >= 4 is 0 Å². The standard InChI is InChI=1S/C29H25N3O4/c1-3-7-22(8-4-1)26-16-30-28(35-26)19-32(18-21-11-12-24-25(15-21)34-14-13-33-24)20-29-31-17-27(36-29)23-9-5-2-6-10-23/h1-12,15-17H,13-14,18-20H2. The molecule has 0 spiro atoms. The van der Waals surface area contributed by atoms with E-state index >= 15 is 0 Å². The van der Waals surface area contributed by atoms with Crippen LogP contribution in [-0.2, 0) is 19.6 Å². The van der Waals surface area contributed by atoms with Crippen LogP contribution >= 0.6 is 0 Å². The third-order valence-corrected chi connectivity index (χ3v) is 5.95. The number of hydrogen-bond acceptors (Lipinski definition) is 7. The molecule has 3 aromatic carbocycles. The summed E-state index contributed by atoms with van der Waals surface area (Å²) in [4.78, 5) is 11.3. The molecule has 180 valence electrons. The predicted octanol–water partition coefficient (Wildman–Crippen LogP) is 5.97. The van der Waals surface area contributed by atoms with E-state index in [1.165, 1.54) is 0 Å². The maximum Gasteiger partial charge on any atom is 0.209 e. The molecule has 0 saturated heterocycles. The van der Waals surface area contributed by atoms with Crippen LogP contribution in [0.1, 0.15) is 17.3 Å². The van der Waals surface area contributed by atoms with Crippen LogP contribution in [0.4, 0.5) is 0 Å². The van der Waals surface area contributed by atoms with Crippen molar-refractivity contribution in [2.24, 2.45) is 0 Å². The van der Waals surface area contributed by atoms with Crippen LogP contribution in [0.3, 0.4) is 0 Å². The fourth-order valence-corrected chi connectivity index (χ4v) is 4.23. The van der Waals surface area contributed by atoms with Crippen molar-refractivity contribution in [3.8, 4) is 34.1 Å². The van der Waals surface area contributed by atoms with E-state index in [0.29, 0.717) is 44.6 Å². The van der Waals surface area contributed by atoms with Gasteiger partial charge < -0.3 is 18.3 Å². The average Bonchev–Trinajstić information content (AvgIpc) is 3.60. The number of fused-ring (bicyclic) bond motifs is 1. The van der Waals surface area contributed by atoms with E-state index in [4.69, 9.17) is 18.3 Å². The van der Waals surface area contributed by atoms with Gasteiger partial charge in [0.05, 0.1) is 25.5 Å². The predicted molar refractivity (Wildman–Crippen MR) is 134 cm³/mol. The Kier molecular flexibility index (Phi) is 6.20. The van der Waals surface area contributed by atoms with Crippen molar-refractivity contribution < 1.29 is 18.3 Å². The van der Waals surface area contributed by atoms with Crippen LogP contribution in [0, 0.1) is 0 Å². The maximum absolute atomic E-state index is 6.09. The zero-order chi connectivity index (χ0) is 24.2. The normalized spacial score (nSPS) is 12.7. The summed E-state index contributed by atoms with van der Waals surface area (Å²) in [7, 11) is 0. The van der Waals surface area contributed by atoms with Crippen molar-refractivity contribution in [2.75, 3.05) is 13.2 Å². The number of ether oxygens (including phenoxy) is 2. The van der Waals surface area contributed by atoms with E-state index in [2.05, 4.69) is 20.9 Å². The van der Waals surface area contributed by atoms with Gasteiger partial charge in [0.15, 0.2) is 23.0 Å². The van der Waals surface area contributed by atoms with Crippen molar-refractivity contribution in [3.63, 3.8) is 0 Å². The number of nitrogens with zero attached hydrogens (tertiary/aromatic N) is 3. The van der Waals surface area contributed by atoms with Crippen LogP contribution in [0.2, 0.25) is 0 Å². The minimum absolute atomic E-state index is 0.490. The SMILES string of the molecule is c1ccc(-c2cnc(CN(Cc3ccc4c(c3)OCCO4)Cc3ncc(-c4ccccc4)o3)o2)cc1. The summed E-state index contributed by atoms with van der Waals surface area (Å²) in [6.07, 6.45) is 3.54. The average molecular weight is 480 g/mol. The van der Waals surface area contributed by atoms with Gasteiger partial charge in [0.25, 0.3) is 0 Å². The molecule has 0 saturated carbocycles. The van der Waals surface area contributed by atoms with Gasteiger partial charge in [0.2, 0.25) is 11.8 Å². The lowest BCUT2D eigenvalue weighted by atomic mass is 10.1. The molecule has 7 nitrogen and oxygen atoms in total. The van der Waals surface area contributed by atoms with Crippen molar-refractivity contribution in [1.29, 1.82) is 0 Å². The first-order chi connectivity index (χ1) is 17.8. The lowest BCUT2D eigenvalue weighted by Gasteiger charge is -2.22. The Morgan fingerprint density at radius 1 is 0.611 bits per heavy atom. The Morgan fingerprint density at radius 2 is 1.17 bits per heavy atom. The number of hydrogen-bond donors (Lipinski definition) is 0. The van der Waals surface area contributed by atoms with Gasteiger partial charge in [-0.15, -0.1) is 0 Å². The first-order valence-electron chi connectivity index (χ1n) is 11.9. The third kappa shape index (κ3) is 5.01. The summed E-state index contributed by atoms with van der Waals surface area (Å²) >= 11 is 0. The molecule has 7 heteroatoms. The second kappa shape index (κ2) is 10.1. The van der Waals surface area contributed by atoms with E-state index in [-0.39, 0.29) is 0 Å². The molecule has 0 bridgehead atoms. The van der Waals surface area contributed by atoms with Gasteiger partial charge in [0, 0.05) is 17.7 Å². The summed E-state index contributed by atoms with van der Waals surface area (Å²) in [5.41, 5.74) is 3.08. The van der Waals surface area contributed by atoms with Gasteiger partial charge in [0.1, 0.15) is 13.2 Å². The minimum atomic E-state index is 0.490. The van der Waals surface area contributed by atoms with Crippen molar-refractivity contribution in [1.82, 2.24) is 14.9 Å². The zero-order valence-electron chi connectivity index (χ0n) is 19.7. The van der Waals surface area contributed by atoms with Crippen LogP contribution in [-0.4, -0.2) is 28.1 Å². The van der Waals surface area contributed by atoms with Crippen molar-refractivity contribution in [2.45, 2.75) is 19.6 Å². The van der Waals surface area contributed by atoms with Gasteiger partial charge in [-0.2, -0.15) is 0 Å². The summed E-state index contributed by atoms with van der Waals surface area (Å²) in [5.74, 6) is 4.28. The molecule has 3 heterocycles. The van der Waals surface area contributed by atoms with Gasteiger partial charge in [-0.1, -0.05) is 66.7 Å². The van der Waals surface area contributed by atoms with E-state index in [9.17, 15) is 0 Å². The molecular weight excluding hydrogens is 454 g/mol. The first-order valence-corrected chi connectivity index (χ1v) is 11.9. The third-order valence-electron chi connectivity index (χ3n) is 5.95. The number of aromatic nitrogens is 2. The Bertz CT molecular complexity index is 1350. The molecule has 2 aromatic heterocycles. The van der Waals surface area contributed by atoms with Crippen molar-refractivity contribution in [3.05, 3.63) is 109 Å². The Balaban J connectivity index is 1.24. The number of benzene rings is 3. The van der Waals surface area contributed by atoms with E-state index < -0.39 is 0 Å². The molecule has 0 atom stereocenters. The highest BCUT2D eigenvalue weighted by Gasteiger charge is 2.18. The fourth-order valence-electron chi connectivity index (χ4n) is 4.23. The molecule has 0 unspecified atom stereocenters. The summed E-state index contributed by atoms with van der Waals surface area (Å²) < 4.78 is 23.6. The van der Waals surface area contributed by atoms with Crippen LogP contribution in [0.25, 0.3) is 22.6 Å². The van der Waals surface area contributed by atoms with Crippen LogP contribution in [0.15, 0.2) is 100 Å². The molecule has 0 aliphatic carbocycles. The van der Waals surface area contributed by atoms with E-state index in [1.54, 1.807) is 12.4 Å². The monoisotopic (exact) mass is 479 g/mol. The molecule has 36 heavy (non-hydrogen) atoms. The van der Waals surface area contributed by atoms with Crippen LogP contribution < -0.4 is 9.47 Å². The molecule has 0 N–H and O–H groups in total. The summed E-state index contributed by atoms with van der Waals surface area (Å²) in [5, 5.41) is 0. The van der Waals surface area contributed by atoms with Gasteiger partial charge >= 0.3 is 0 Å². The first kappa shape index (κ1) is 22.1. The minimum Gasteiger partial charge on any atom is -0.486 e. The molecule has 1 aliphatic heterocycles. The molecule has 0 radical (unpaired) electrons. The van der Waals surface area contributed by atoms with Gasteiger partial charge in [-0.05, 0) is 17.7 Å². The van der Waals surface area contributed by atoms with Gasteiger partial charge in [-0.25, -0.2) is 9.97 Å². The quantitative estimate of drug-likeness (QED) is 0.271. The lowest BCUT2D eigenvalue weighted by Crippen LogP contribution is -2.23. The van der Waals surface area contributed by atoms with E-state index in [0.717, 1.165) is 39.7 Å². The Hall–Kier alpha value is -4.36. The second-order valence-corrected chi connectivity index (χ2v) is 8.59. The van der Waals surface area contributed by atoms with E-state index in [1.807, 2.05) is 72.8 Å². The fraction of sp³-hybridized carbons (Fsp3) is 0.172. The maximum atomic E-state index is 6.09. The highest BCUT2D eigenvalue weighted by Crippen LogP contribution is 2.32. The molecule has 5 aromatic rings. The molecule has 0 amide bonds. The topological polar surface area (TPSA) is 73.8 Å². The molecule has 1 aliphatic rings. The smallest absolute Gasteiger partial charge is 0.209 e. The van der Waals surface area contributed by atoms with Crippen LogP contribution in [0.5, 0.6) is 11.5 Å². The molecule has 6 rings (SSSR count). The molecule has 0 fully saturated rings. The Morgan fingerprint density at radius 3 is 1.75 bits per heavy atom. The molecular formula is C29H25N3O4. The largest absolute Gasteiger partial charge is 0.486 e. The summed E-state index contributed by atoms with van der Waals surface area (Å²) in [6.45, 7) is 2.73. The summed E-state index contributed by atoms with van der Waals surface area (Å²) in [6, 6.07) is 26.0. The lowest BCUT2D eigenvalue weighted by molar-refractivity contribution is 0.170. The van der Waals surface area contributed by atoms with Gasteiger partial charge in [-0.3, -0.25) is 4.90 Å².